The summed E-state index contributed by atoms with van der Waals surface area (Å²) in [7, 11) is 0. The number of urea groups is 1. The molecule has 12 heavy (non-hydrogen) atoms. The molecule has 0 aromatic heterocycles. The molecule has 0 aliphatic heterocycles. The first-order valence-electron chi connectivity index (χ1n) is 3.32. The lowest BCUT2D eigenvalue weighted by Crippen LogP contribution is -2.38. The Balaban J connectivity index is 4.03. The van der Waals surface area contributed by atoms with Gasteiger partial charge >= 0.3 is 6.03 Å². The highest BCUT2D eigenvalue weighted by Gasteiger charge is 2.09. The number of aldehydes is 1. The van der Waals surface area contributed by atoms with Crippen LogP contribution in [0.3, 0.4) is 0 Å². The van der Waals surface area contributed by atoms with E-state index >= 15 is 0 Å². The zero-order chi connectivity index (χ0) is 9.56. The van der Waals surface area contributed by atoms with E-state index in [9.17, 15) is 14.0 Å². The van der Waals surface area contributed by atoms with E-state index in [-0.39, 0.29) is 18.7 Å². The van der Waals surface area contributed by atoms with Gasteiger partial charge in [-0.25, -0.2) is 9.18 Å². The van der Waals surface area contributed by atoms with Crippen molar-refractivity contribution in [3.63, 3.8) is 0 Å². The summed E-state index contributed by atoms with van der Waals surface area (Å²) < 4.78 is 11.9. The van der Waals surface area contributed by atoms with E-state index in [1.54, 1.807) is 0 Å². The van der Waals surface area contributed by atoms with Crippen molar-refractivity contribution in [3.05, 3.63) is 12.2 Å². The summed E-state index contributed by atoms with van der Waals surface area (Å²) in [6.07, 6.45) is 0.524. The van der Waals surface area contributed by atoms with Crippen molar-refractivity contribution in [3.8, 4) is 0 Å². The van der Waals surface area contributed by atoms with Gasteiger partial charge in [0.15, 0.2) is 0 Å². The first kappa shape index (κ1) is 10.6. The number of hydrogen-bond acceptors (Lipinski definition) is 2. The highest BCUT2D eigenvalue weighted by atomic mass is 19.1. The van der Waals surface area contributed by atoms with E-state index in [2.05, 4.69) is 6.58 Å². The highest BCUT2D eigenvalue weighted by molar-refractivity contribution is 5.75. The number of primary amides is 1. The Morgan fingerprint density at radius 3 is 2.58 bits per heavy atom. The lowest BCUT2D eigenvalue weighted by atomic mass is 10.3. The largest absolute Gasteiger partial charge is 0.351 e. The minimum atomic E-state index is -0.753. The number of nitrogens with zero attached hydrogens (tertiary/aromatic N) is 1. The molecule has 0 unspecified atom stereocenters. The Bertz CT molecular complexity index is 194. The molecular weight excluding hydrogens is 163 g/mol. The quantitative estimate of drug-likeness (QED) is 0.474. The van der Waals surface area contributed by atoms with E-state index in [4.69, 9.17) is 5.73 Å². The molecule has 0 aromatic rings. The molecule has 0 saturated carbocycles. The molecule has 68 valence electrons. The molecule has 0 heterocycles. The van der Waals surface area contributed by atoms with Gasteiger partial charge in [-0.2, -0.15) is 0 Å². The molecule has 0 bridgehead atoms. The summed E-state index contributed by atoms with van der Waals surface area (Å²) >= 11 is 0. The van der Waals surface area contributed by atoms with Crippen molar-refractivity contribution >= 4 is 12.3 Å². The molecule has 5 heteroatoms. The van der Waals surface area contributed by atoms with Crippen LogP contribution in [-0.4, -0.2) is 37.0 Å². The maximum absolute atomic E-state index is 11.9. The fourth-order valence-corrected chi connectivity index (χ4v) is 0.635. The monoisotopic (exact) mass is 174 g/mol. The maximum atomic E-state index is 11.9. The standard InChI is InChI=1S/C7H11FN2O2/c1-6(4-8)5-10(2-3-11)7(9)12/h3H,1-2,4-5H2,(H2,9,12). The SMILES string of the molecule is C=C(CF)CN(CC=O)C(N)=O. The van der Waals surface area contributed by atoms with Crippen LogP contribution >= 0.6 is 0 Å². The van der Waals surface area contributed by atoms with Crippen LogP contribution in [0, 0.1) is 0 Å². The predicted molar refractivity (Wildman–Crippen MR) is 42.3 cm³/mol. The zero-order valence-electron chi connectivity index (χ0n) is 6.62. The van der Waals surface area contributed by atoms with Gasteiger partial charge in [-0.1, -0.05) is 6.58 Å². The third-order valence-electron chi connectivity index (χ3n) is 1.21. The average molecular weight is 174 g/mol. The number of hydrogen-bond donors (Lipinski definition) is 1. The van der Waals surface area contributed by atoms with Crippen LogP contribution in [0.5, 0.6) is 0 Å². The van der Waals surface area contributed by atoms with E-state index in [1.807, 2.05) is 0 Å². The van der Waals surface area contributed by atoms with Crippen LogP contribution in [0.2, 0.25) is 0 Å². The molecule has 0 saturated heterocycles. The number of rotatable bonds is 5. The van der Waals surface area contributed by atoms with Gasteiger partial charge in [-0.15, -0.1) is 0 Å². The molecule has 0 aliphatic carbocycles. The number of alkyl halides is 1. The third kappa shape index (κ3) is 3.70. The van der Waals surface area contributed by atoms with Gasteiger partial charge in [0, 0.05) is 6.54 Å². The lowest BCUT2D eigenvalue weighted by Gasteiger charge is -2.17. The van der Waals surface area contributed by atoms with Crippen LogP contribution in [0.15, 0.2) is 12.2 Å². The summed E-state index contributed by atoms with van der Waals surface area (Å²) in [5, 5.41) is 0. The Morgan fingerprint density at radius 1 is 1.67 bits per heavy atom. The Kier molecular flexibility index (Phi) is 4.67. The van der Waals surface area contributed by atoms with Crippen LogP contribution in [0.25, 0.3) is 0 Å². The second-order valence-electron chi connectivity index (χ2n) is 2.27. The van der Waals surface area contributed by atoms with Crippen molar-refractivity contribution in [1.29, 1.82) is 0 Å². The number of carbonyl (C=O) groups is 2. The average Bonchev–Trinajstić information content (AvgIpc) is 2.03. The Morgan fingerprint density at radius 2 is 2.25 bits per heavy atom. The van der Waals surface area contributed by atoms with Crippen LogP contribution in [0.1, 0.15) is 0 Å². The molecule has 0 rings (SSSR count). The van der Waals surface area contributed by atoms with E-state index in [0.717, 1.165) is 4.90 Å². The van der Waals surface area contributed by atoms with Gasteiger partial charge in [-0.05, 0) is 5.57 Å². The van der Waals surface area contributed by atoms with Crippen molar-refractivity contribution in [2.75, 3.05) is 19.8 Å². The van der Waals surface area contributed by atoms with Crippen LogP contribution in [0.4, 0.5) is 9.18 Å². The minimum absolute atomic E-state index is 0.00935. The van der Waals surface area contributed by atoms with Crippen LogP contribution < -0.4 is 5.73 Å². The van der Waals surface area contributed by atoms with Gasteiger partial charge in [0.2, 0.25) is 0 Å². The van der Waals surface area contributed by atoms with E-state index in [0.29, 0.717) is 6.29 Å². The molecule has 0 fully saturated rings. The second-order valence-corrected chi connectivity index (χ2v) is 2.27. The number of halogens is 1. The van der Waals surface area contributed by atoms with Gasteiger partial charge in [0.05, 0.1) is 6.54 Å². The summed E-state index contributed by atoms with van der Waals surface area (Å²) in [5.74, 6) is 0. The van der Waals surface area contributed by atoms with Crippen molar-refractivity contribution < 1.29 is 14.0 Å². The van der Waals surface area contributed by atoms with Crippen molar-refractivity contribution in [2.45, 2.75) is 0 Å². The van der Waals surface area contributed by atoms with Crippen LogP contribution in [-0.2, 0) is 4.79 Å². The fraction of sp³-hybridized carbons (Fsp3) is 0.429. The molecule has 0 spiro atoms. The van der Waals surface area contributed by atoms with Crippen molar-refractivity contribution in [1.82, 2.24) is 4.90 Å². The van der Waals surface area contributed by atoms with Gasteiger partial charge in [-0.3, -0.25) is 0 Å². The van der Waals surface area contributed by atoms with Crippen molar-refractivity contribution in [2.24, 2.45) is 5.73 Å². The maximum Gasteiger partial charge on any atom is 0.315 e. The molecule has 2 amide bonds. The molecule has 0 aliphatic rings. The summed E-state index contributed by atoms with van der Waals surface area (Å²) in [6.45, 7) is 2.48. The smallest absolute Gasteiger partial charge is 0.315 e. The Labute approximate surface area is 69.8 Å². The second kappa shape index (κ2) is 5.29. The highest BCUT2D eigenvalue weighted by Crippen LogP contribution is 1.96. The first-order valence-corrected chi connectivity index (χ1v) is 3.32. The molecule has 0 aromatic carbocycles. The summed E-state index contributed by atoms with van der Waals surface area (Å²) in [5.41, 5.74) is 5.11. The van der Waals surface area contributed by atoms with E-state index in [1.165, 1.54) is 0 Å². The number of carbonyl (C=O) groups excluding carboxylic acids is 2. The normalized spacial score (nSPS) is 9.08. The lowest BCUT2D eigenvalue weighted by molar-refractivity contribution is -0.108. The first-order chi connectivity index (χ1) is 5.61. The minimum Gasteiger partial charge on any atom is -0.351 e. The Hall–Kier alpha value is -1.39. The number of nitrogens with two attached hydrogens (primary N) is 1. The van der Waals surface area contributed by atoms with Gasteiger partial charge in [0.1, 0.15) is 13.0 Å². The third-order valence-corrected chi connectivity index (χ3v) is 1.21. The molecular formula is C7H11FN2O2. The molecule has 0 radical (unpaired) electrons. The van der Waals surface area contributed by atoms with Gasteiger partial charge < -0.3 is 15.4 Å². The number of amides is 2. The van der Waals surface area contributed by atoms with E-state index < -0.39 is 12.7 Å². The van der Waals surface area contributed by atoms with Gasteiger partial charge in [0.25, 0.3) is 0 Å². The summed E-state index contributed by atoms with van der Waals surface area (Å²) in [6, 6.07) is -0.753. The molecule has 2 N–H and O–H groups in total. The summed E-state index contributed by atoms with van der Waals surface area (Å²) in [4.78, 5) is 21.6. The zero-order valence-corrected chi connectivity index (χ0v) is 6.62. The topological polar surface area (TPSA) is 63.4 Å². The molecule has 0 atom stereocenters. The molecule has 4 nitrogen and oxygen atoms in total. The fourth-order valence-electron chi connectivity index (χ4n) is 0.635. The predicted octanol–water partition coefficient (Wildman–Crippen LogP) is 0.0917.